The van der Waals surface area contributed by atoms with Crippen LogP contribution in [0.3, 0.4) is 0 Å². The molecule has 3 rings (SSSR count). The molecule has 0 N–H and O–H groups in total. The van der Waals surface area contributed by atoms with E-state index in [1.165, 1.54) is 42.4 Å². The molecular weight excluding hydrogens is 314 g/mol. The number of hydrogen-bond donors (Lipinski definition) is 0. The Balaban J connectivity index is 2.08. The predicted molar refractivity (Wildman–Crippen MR) is 110 cm³/mol. The first-order valence-electron chi connectivity index (χ1n) is 9.52. The van der Waals surface area contributed by atoms with Crippen molar-refractivity contribution < 1.29 is 0 Å². The number of aryl methyl sites for hydroxylation is 1. The Labute approximate surface area is 156 Å². The zero-order valence-corrected chi connectivity index (χ0v) is 15.4. The van der Waals surface area contributed by atoms with Gasteiger partial charge in [-0.25, -0.2) is 0 Å². The molecule has 0 unspecified atom stereocenters. The lowest BCUT2D eigenvalue weighted by molar-refractivity contribution is 0.667. The first kappa shape index (κ1) is 18.0. The molecule has 0 aromatic heterocycles. The molecule has 0 saturated carbocycles. The highest BCUT2D eigenvalue weighted by atomic mass is 14.3. The van der Waals surface area contributed by atoms with E-state index < -0.39 is 0 Å². The third kappa shape index (κ3) is 4.03. The first-order chi connectivity index (χ1) is 12.8. The van der Waals surface area contributed by atoms with Crippen molar-refractivity contribution in [2.45, 2.75) is 39.0 Å². The second-order valence-corrected chi connectivity index (χ2v) is 6.67. The fraction of sp³-hybridized carbons (Fsp3) is 0.240. The molecule has 0 aliphatic rings. The van der Waals surface area contributed by atoms with Crippen LogP contribution in [-0.2, 0) is 6.42 Å². The van der Waals surface area contributed by atoms with Crippen molar-refractivity contribution in [3.8, 4) is 28.3 Å². The van der Waals surface area contributed by atoms with Crippen molar-refractivity contribution in [1.82, 2.24) is 0 Å². The number of rotatable bonds is 7. The van der Waals surface area contributed by atoms with Gasteiger partial charge in [-0.1, -0.05) is 92.9 Å². The zero-order chi connectivity index (χ0) is 18.2. The monoisotopic (exact) mass is 339 g/mol. The van der Waals surface area contributed by atoms with Gasteiger partial charge in [-0.3, -0.25) is 0 Å². The summed E-state index contributed by atoms with van der Waals surface area (Å²) in [6, 6.07) is 27.4. The molecule has 0 amide bonds. The molecule has 0 aliphatic carbocycles. The van der Waals surface area contributed by atoms with Gasteiger partial charge in [0.15, 0.2) is 0 Å². The van der Waals surface area contributed by atoms with E-state index >= 15 is 0 Å². The molecular formula is C25H25N. The summed E-state index contributed by atoms with van der Waals surface area (Å²) in [6.07, 6.45) is 5.94. The van der Waals surface area contributed by atoms with E-state index in [9.17, 15) is 5.26 Å². The highest BCUT2D eigenvalue weighted by Gasteiger charge is 2.14. The van der Waals surface area contributed by atoms with Crippen LogP contribution in [0.4, 0.5) is 0 Å². The fourth-order valence-corrected chi connectivity index (χ4v) is 3.53. The Morgan fingerprint density at radius 2 is 1.46 bits per heavy atom. The highest BCUT2D eigenvalue weighted by Crippen LogP contribution is 2.36. The minimum atomic E-state index is 0.765. The maximum absolute atomic E-state index is 9.73. The molecule has 130 valence electrons. The molecule has 0 fully saturated rings. The summed E-state index contributed by atoms with van der Waals surface area (Å²) in [5, 5.41) is 9.73. The van der Waals surface area contributed by atoms with E-state index in [1.807, 2.05) is 18.2 Å². The Hall–Kier alpha value is -2.85. The standard InChI is InChI=1S/C25H25N/c1-2-3-4-6-14-21-15-11-16-22(19-26)25(21)24-18-10-9-17-23(24)20-12-7-5-8-13-20/h5,7-13,15-18H,2-4,6,14H2,1H3. The van der Waals surface area contributed by atoms with Gasteiger partial charge in [0.05, 0.1) is 11.6 Å². The maximum Gasteiger partial charge on any atom is 0.0998 e. The van der Waals surface area contributed by atoms with Gasteiger partial charge >= 0.3 is 0 Å². The smallest absolute Gasteiger partial charge is 0.0998 e. The van der Waals surface area contributed by atoms with E-state index in [0.717, 1.165) is 23.1 Å². The lowest BCUT2D eigenvalue weighted by Gasteiger charge is -2.16. The van der Waals surface area contributed by atoms with Crippen LogP contribution in [0.2, 0.25) is 0 Å². The SMILES string of the molecule is CCCCCCc1cccc(C#N)c1-c1ccccc1-c1ccccc1. The summed E-state index contributed by atoms with van der Waals surface area (Å²) in [4.78, 5) is 0. The van der Waals surface area contributed by atoms with Crippen molar-refractivity contribution in [3.05, 3.63) is 83.9 Å². The number of nitrogens with zero attached hydrogens (tertiary/aromatic N) is 1. The Morgan fingerprint density at radius 1 is 0.731 bits per heavy atom. The summed E-state index contributed by atoms with van der Waals surface area (Å²) in [7, 11) is 0. The molecule has 0 atom stereocenters. The topological polar surface area (TPSA) is 23.8 Å². The quantitative estimate of drug-likeness (QED) is 0.424. The van der Waals surface area contributed by atoms with Crippen LogP contribution in [0, 0.1) is 11.3 Å². The van der Waals surface area contributed by atoms with Gasteiger partial charge in [0.2, 0.25) is 0 Å². The fourth-order valence-electron chi connectivity index (χ4n) is 3.53. The molecule has 1 nitrogen and oxygen atoms in total. The third-order valence-corrected chi connectivity index (χ3v) is 4.85. The molecule has 0 bridgehead atoms. The van der Waals surface area contributed by atoms with Crippen molar-refractivity contribution in [3.63, 3.8) is 0 Å². The zero-order valence-electron chi connectivity index (χ0n) is 15.4. The largest absolute Gasteiger partial charge is 0.192 e. The molecule has 26 heavy (non-hydrogen) atoms. The van der Waals surface area contributed by atoms with E-state index in [2.05, 4.69) is 67.6 Å². The summed E-state index contributed by atoms with van der Waals surface area (Å²) < 4.78 is 0. The minimum Gasteiger partial charge on any atom is -0.192 e. The van der Waals surface area contributed by atoms with Gasteiger partial charge in [-0.05, 0) is 41.2 Å². The second-order valence-electron chi connectivity index (χ2n) is 6.67. The lowest BCUT2D eigenvalue weighted by Crippen LogP contribution is -1.96. The van der Waals surface area contributed by atoms with Crippen LogP contribution >= 0.6 is 0 Å². The van der Waals surface area contributed by atoms with Gasteiger partial charge in [0.1, 0.15) is 0 Å². The van der Waals surface area contributed by atoms with Crippen molar-refractivity contribution in [2.24, 2.45) is 0 Å². The summed E-state index contributed by atoms with van der Waals surface area (Å²) in [6.45, 7) is 2.23. The highest BCUT2D eigenvalue weighted by molar-refractivity contribution is 5.87. The Bertz CT molecular complexity index is 888. The molecule has 1 heteroatoms. The second kappa shape index (κ2) is 9.02. The first-order valence-corrected chi connectivity index (χ1v) is 9.52. The number of unbranched alkanes of at least 4 members (excludes halogenated alkanes) is 3. The van der Waals surface area contributed by atoms with Gasteiger partial charge in [0, 0.05) is 5.56 Å². The third-order valence-electron chi connectivity index (χ3n) is 4.85. The molecule has 0 radical (unpaired) electrons. The van der Waals surface area contributed by atoms with Crippen LogP contribution in [0.1, 0.15) is 43.7 Å². The number of benzene rings is 3. The van der Waals surface area contributed by atoms with Crippen molar-refractivity contribution >= 4 is 0 Å². The summed E-state index contributed by atoms with van der Waals surface area (Å²) >= 11 is 0. The van der Waals surface area contributed by atoms with Crippen LogP contribution in [0.25, 0.3) is 22.3 Å². The Kier molecular flexibility index (Phi) is 6.23. The summed E-state index contributed by atoms with van der Waals surface area (Å²) in [5.41, 5.74) is 6.68. The van der Waals surface area contributed by atoms with Gasteiger partial charge in [-0.15, -0.1) is 0 Å². The minimum absolute atomic E-state index is 0.765. The summed E-state index contributed by atoms with van der Waals surface area (Å²) in [5.74, 6) is 0. The molecule has 3 aromatic rings. The number of hydrogen-bond acceptors (Lipinski definition) is 1. The predicted octanol–water partition coefficient (Wildman–Crippen LogP) is 7.02. The van der Waals surface area contributed by atoms with Gasteiger partial charge in [0.25, 0.3) is 0 Å². The van der Waals surface area contributed by atoms with E-state index in [-0.39, 0.29) is 0 Å². The average Bonchev–Trinajstić information content (AvgIpc) is 2.71. The molecule has 0 heterocycles. The van der Waals surface area contributed by atoms with Gasteiger partial charge in [-0.2, -0.15) is 5.26 Å². The maximum atomic E-state index is 9.73. The molecule has 0 spiro atoms. The Morgan fingerprint density at radius 3 is 2.19 bits per heavy atom. The molecule has 0 aliphatic heterocycles. The van der Waals surface area contributed by atoms with Crippen LogP contribution in [0.5, 0.6) is 0 Å². The van der Waals surface area contributed by atoms with Crippen LogP contribution in [0.15, 0.2) is 72.8 Å². The van der Waals surface area contributed by atoms with E-state index in [4.69, 9.17) is 0 Å². The molecule has 3 aromatic carbocycles. The van der Waals surface area contributed by atoms with Crippen LogP contribution in [-0.4, -0.2) is 0 Å². The normalized spacial score (nSPS) is 10.5. The van der Waals surface area contributed by atoms with Crippen LogP contribution < -0.4 is 0 Å². The van der Waals surface area contributed by atoms with E-state index in [0.29, 0.717) is 0 Å². The lowest BCUT2D eigenvalue weighted by atomic mass is 9.87. The van der Waals surface area contributed by atoms with Crippen molar-refractivity contribution in [2.75, 3.05) is 0 Å². The molecule has 0 saturated heterocycles. The van der Waals surface area contributed by atoms with Crippen molar-refractivity contribution in [1.29, 1.82) is 5.26 Å². The van der Waals surface area contributed by atoms with E-state index in [1.54, 1.807) is 0 Å². The average molecular weight is 339 g/mol. The number of nitriles is 1. The van der Waals surface area contributed by atoms with Gasteiger partial charge < -0.3 is 0 Å².